The Morgan fingerprint density at radius 3 is 2.68 bits per heavy atom. The molecule has 198 valence electrons. The molecule has 6 rings (SSSR count). The fourth-order valence-electron chi connectivity index (χ4n) is 5.87. The summed E-state index contributed by atoms with van der Waals surface area (Å²) in [4.78, 5) is 28.5. The average Bonchev–Trinajstić information content (AvgIpc) is 3.49. The van der Waals surface area contributed by atoms with E-state index >= 15 is 0 Å². The fraction of sp³-hybridized carbons (Fsp3) is 0.433. The minimum atomic E-state index is -0.182. The predicted molar refractivity (Wildman–Crippen MR) is 151 cm³/mol. The zero-order chi connectivity index (χ0) is 26.6. The van der Waals surface area contributed by atoms with Gasteiger partial charge in [0.1, 0.15) is 5.69 Å². The molecule has 2 aliphatic heterocycles. The Bertz CT molecular complexity index is 1480. The first-order chi connectivity index (χ1) is 18.3. The molecule has 8 heteroatoms. The number of fused-ring (bicyclic) bond motifs is 2. The topological polar surface area (TPSA) is 84.2 Å². The number of rotatable bonds is 6. The summed E-state index contributed by atoms with van der Waals surface area (Å²) in [7, 11) is 4.16. The van der Waals surface area contributed by atoms with Crippen LogP contribution in [0.5, 0.6) is 0 Å². The Balaban J connectivity index is 1.28. The molecule has 0 radical (unpaired) electrons. The van der Waals surface area contributed by atoms with Crippen molar-refractivity contribution >= 4 is 16.8 Å². The van der Waals surface area contributed by atoms with E-state index in [0.717, 1.165) is 53.3 Å². The number of hydrogen-bond donors (Lipinski definition) is 2. The van der Waals surface area contributed by atoms with Crippen LogP contribution in [0, 0.1) is 0 Å². The number of likely N-dealkylation sites (tertiary alicyclic amines) is 1. The predicted octanol–water partition coefficient (Wildman–Crippen LogP) is 4.09. The van der Waals surface area contributed by atoms with Gasteiger partial charge in [0.2, 0.25) is 5.91 Å². The second-order valence-electron chi connectivity index (χ2n) is 11.2. The van der Waals surface area contributed by atoms with Crippen LogP contribution in [-0.2, 0) is 24.2 Å². The number of benzene rings is 2. The van der Waals surface area contributed by atoms with Crippen molar-refractivity contribution in [2.45, 2.75) is 58.3 Å². The van der Waals surface area contributed by atoms with Crippen LogP contribution in [0.1, 0.15) is 37.7 Å². The molecule has 0 bridgehead atoms. The summed E-state index contributed by atoms with van der Waals surface area (Å²) in [5.74, 6) is 0.980. The standard InChI is InChI=1S/C30H37N7O/c1-6-19-9-7-8-10-22(19)20-11-12-23-24(13-20)33-34-28(23)29-31-25-14-27(37(18(2)3)17-26(25)32-29)30(38)36-15-21(16-36)35(4)5/h7-13,18,21,27H,6,14-17H2,1-5H3,(H,31,32)(H,33,34). The van der Waals surface area contributed by atoms with Crippen LogP contribution < -0.4 is 0 Å². The van der Waals surface area contributed by atoms with Crippen LogP contribution in [0.4, 0.5) is 0 Å². The molecule has 2 aromatic heterocycles. The van der Waals surface area contributed by atoms with Gasteiger partial charge in [-0.3, -0.25) is 14.8 Å². The van der Waals surface area contributed by atoms with Gasteiger partial charge < -0.3 is 14.8 Å². The van der Waals surface area contributed by atoms with Gasteiger partial charge in [-0.1, -0.05) is 37.3 Å². The first kappa shape index (κ1) is 24.8. The highest BCUT2D eigenvalue weighted by Crippen LogP contribution is 2.33. The van der Waals surface area contributed by atoms with E-state index < -0.39 is 0 Å². The third-order valence-electron chi connectivity index (χ3n) is 8.34. The van der Waals surface area contributed by atoms with E-state index in [1.165, 1.54) is 16.7 Å². The van der Waals surface area contributed by atoms with Gasteiger partial charge in [0, 0.05) is 43.5 Å². The van der Waals surface area contributed by atoms with Gasteiger partial charge in [-0.15, -0.1) is 0 Å². The lowest BCUT2D eigenvalue weighted by molar-refractivity contribution is -0.145. The number of H-pyrrole nitrogens is 2. The normalized spacial score (nSPS) is 18.4. The zero-order valence-corrected chi connectivity index (χ0v) is 23.0. The molecule has 1 atom stereocenters. The van der Waals surface area contributed by atoms with Crippen LogP contribution in [0.2, 0.25) is 0 Å². The van der Waals surface area contributed by atoms with Crippen LogP contribution >= 0.6 is 0 Å². The summed E-state index contributed by atoms with van der Waals surface area (Å²) in [6, 6.07) is 15.5. The first-order valence-corrected chi connectivity index (χ1v) is 13.7. The Morgan fingerprint density at radius 2 is 1.95 bits per heavy atom. The fourth-order valence-corrected chi connectivity index (χ4v) is 5.87. The molecule has 1 fully saturated rings. The molecule has 8 nitrogen and oxygen atoms in total. The molecular formula is C30H37N7O. The highest BCUT2D eigenvalue weighted by molar-refractivity contribution is 5.94. The quantitative estimate of drug-likeness (QED) is 0.407. The molecule has 1 saturated heterocycles. The van der Waals surface area contributed by atoms with Crippen LogP contribution in [-0.4, -0.2) is 86.1 Å². The van der Waals surface area contributed by atoms with Gasteiger partial charge >= 0.3 is 0 Å². The third-order valence-corrected chi connectivity index (χ3v) is 8.34. The van der Waals surface area contributed by atoms with E-state index in [9.17, 15) is 4.79 Å². The SMILES string of the molecule is CCc1ccccc1-c1ccc2c(-c3nc4c([nH]3)CN(C(C)C)C(C(=O)N3CC(N(C)C)C3)C4)n[nH]c2c1. The average molecular weight is 512 g/mol. The number of likely N-dealkylation sites (N-methyl/N-ethyl adjacent to an activating group) is 1. The number of amides is 1. The lowest BCUT2D eigenvalue weighted by Gasteiger charge is -2.46. The van der Waals surface area contributed by atoms with Gasteiger partial charge in [-0.2, -0.15) is 5.10 Å². The molecule has 1 amide bonds. The van der Waals surface area contributed by atoms with E-state index in [1.807, 2.05) is 4.90 Å². The molecule has 4 aromatic rings. The number of carbonyl (C=O) groups excluding carboxylic acids is 1. The van der Waals surface area contributed by atoms with Gasteiger partial charge in [-0.25, -0.2) is 4.98 Å². The number of imidazole rings is 1. The third kappa shape index (κ3) is 4.22. The van der Waals surface area contributed by atoms with Crippen LogP contribution in [0.15, 0.2) is 42.5 Å². The number of aryl methyl sites for hydroxylation is 1. The largest absolute Gasteiger partial charge is 0.339 e. The van der Waals surface area contributed by atoms with Gasteiger partial charge in [0.25, 0.3) is 0 Å². The highest BCUT2D eigenvalue weighted by Gasteiger charge is 2.41. The number of aromatic nitrogens is 4. The number of aromatic amines is 2. The molecule has 2 N–H and O–H groups in total. The van der Waals surface area contributed by atoms with Crippen molar-refractivity contribution in [1.82, 2.24) is 34.9 Å². The van der Waals surface area contributed by atoms with Crippen molar-refractivity contribution in [2.24, 2.45) is 0 Å². The van der Waals surface area contributed by atoms with E-state index in [1.54, 1.807) is 0 Å². The maximum absolute atomic E-state index is 13.5. The lowest BCUT2D eigenvalue weighted by Crippen LogP contribution is -2.64. The minimum absolute atomic E-state index is 0.182. The van der Waals surface area contributed by atoms with Crippen molar-refractivity contribution in [3.8, 4) is 22.6 Å². The monoisotopic (exact) mass is 511 g/mol. The van der Waals surface area contributed by atoms with Gasteiger partial charge in [0.15, 0.2) is 5.82 Å². The van der Waals surface area contributed by atoms with Crippen LogP contribution in [0.25, 0.3) is 33.5 Å². The van der Waals surface area contributed by atoms with Crippen LogP contribution in [0.3, 0.4) is 0 Å². The molecule has 38 heavy (non-hydrogen) atoms. The molecular weight excluding hydrogens is 474 g/mol. The number of carbonyl (C=O) groups is 1. The van der Waals surface area contributed by atoms with Crippen molar-refractivity contribution in [3.63, 3.8) is 0 Å². The van der Waals surface area contributed by atoms with Gasteiger partial charge in [0.05, 0.1) is 22.9 Å². The molecule has 1 unspecified atom stereocenters. The second kappa shape index (κ2) is 9.67. The summed E-state index contributed by atoms with van der Waals surface area (Å²) < 4.78 is 0. The number of hydrogen-bond acceptors (Lipinski definition) is 5. The molecule has 0 spiro atoms. The summed E-state index contributed by atoms with van der Waals surface area (Å²) in [5, 5.41) is 8.92. The molecule has 2 aromatic carbocycles. The zero-order valence-electron chi connectivity index (χ0n) is 23.0. The molecule has 2 aliphatic rings. The van der Waals surface area contributed by atoms with E-state index in [2.05, 4.69) is 102 Å². The summed E-state index contributed by atoms with van der Waals surface area (Å²) in [6.07, 6.45) is 1.61. The van der Waals surface area contributed by atoms with Crippen molar-refractivity contribution in [2.75, 3.05) is 27.2 Å². The van der Waals surface area contributed by atoms with E-state index in [-0.39, 0.29) is 18.0 Å². The molecule has 0 saturated carbocycles. The molecule has 0 aliphatic carbocycles. The Hall–Kier alpha value is -3.49. The lowest BCUT2D eigenvalue weighted by atomic mass is 9.97. The summed E-state index contributed by atoms with van der Waals surface area (Å²) >= 11 is 0. The van der Waals surface area contributed by atoms with E-state index in [0.29, 0.717) is 19.0 Å². The van der Waals surface area contributed by atoms with Crippen molar-refractivity contribution < 1.29 is 4.79 Å². The Morgan fingerprint density at radius 1 is 1.16 bits per heavy atom. The van der Waals surface area contributed by atoms with Gasteiger partial charge in [-0.05, 0) is 63.2 Å². The summed E-state index contributed by atoms with van der Waals surface area (Å²) in [6.45, 7) is 8.80. The maximum atomic E-state index is 13.5. The van der Waals surface area contributed by atoms with Crippen molar-refractivity contribution in [1.29, 1.82) is 0 Å². The minimum Gasteiger partial charge on any atom is -0.339 e. The first-order valence-electron chi connectivity index (χ1n) is 13.7. The summed E-state index contributed by atoms with van der Waals surface area (Å²) in [5.41, 5.74) is 7.63. The van der Waals surface area contributed by atoms with Crippen molar-refractivity contribution in [3.05, 3.63) is 59.4 Å². The number of nitrogens with zero attached hydrogens (tertiary/aromatic N) is 5. The van der Waals surface area contributed by atoms with E-state index in [4.69, 9.17) is 4.98 Å². The highest BCUT2D eigenvalue weighted by atomic mass is 16.2. The molecule has 4 heterocycles. The Kier molecular flexibility index (Phi) is 6.32. The smallest absolute Gasteiger partial charge is 0.240 e. The second-order valence-corrected chi connectivity index (χ2v) is 11.2. The Labute approximate surface area is 224 Å². The number of nitrogens with one attached hydrogen (secondary N) is 2. The maximum Gasteiger partial charge on any atom is 0.240 e.